The van der Waals surface area contributed by atoms with Crippen molar-refractivity contribution < 1.29 is 14.4 Å². The molecule has 0 radical (unpaired) electrons. The number of likely N-dealkylation sites (N-methyl/N-ethyl adjacent to an activating group) is 1. The van der Waals surface area contributed by atoms with Crippen LogP contribution in [0.2, 0.25) is 0 Å². The van der Waals surface area contributed by atoms with Crippen LogP contribution in [0.25, 0.3) is 11.4 Å². The third-order valence-electron chi connectivity index (χ3n) is 3.91. The summed E-state index contributed by atoms with van der Waals surface area (Å²) in [6.45, 7) is 9.08. The van der Waals surface area contributed by atoms with E-state index in [4.69, 9.17) is 22.1 Å². The van der Waals surface area contributed by atoms with Crippen LogP contribution in [-0.2, 0) is 18.0 Å². The lowest BCUT2D eigenvalue weighted by Gasteiger charge is -2.14. The predicted molar refractivity (Wildman–Crippen MR) is 108 cm³/mol. The number of nitrogens with one attached hydrogen (secondary N) is 2. The molecule has 2 aromatic rings. The first kappa shape index (κ1) is 20.9. The first-order valence-corrected chi connectivity index (χ1v) is 9.30. The zero-order valence-corrected chi connectivity index (χ0v) is 17.2. The van der Waals surface area contributed by atoms with Gasteiger partial charge in [-0.2, -0.15) is 4.68 Å². The molecule has 0 aliphatic heterocycles. The monoisotopic (exact) mass is 390 g/mol. The Balaban J connectivity index is 2.32. The fraction of sp³-hybridized carbons (Fsp3) is 0.421. The quantitative estimate of drug-likeness (QED) is 0.500. The third-order valence-corrected chi connectivity index (χ3v) is 4.35. The van der Waals surface area contributed by atoms with Crippen LogP contribution in [0, 0.1) is 4.77 Å². The molecule has 2 rings (SSSR count). The van der Waals surface area contributed by atoms with E-state index in [2.05, 4.69) is 11.9 Å². The highest BCUT2D eigenvalue weighted by Crippen LogP contribution is 2.28. The van der Waals surface area contributed by atoms with Gasteiger partial charge in [0.05, 0.1) is 19.7 Å². The van der Waals surface area contributed by atoms with Crippen molar-refractivity contribution in [1.29, 1.82) is 0 Å². The van der Waals surface area contributed by atoms with Crippen LogP contribution in [0.15, 0.2) is 36.9 Å². The Labute approximate surface area is 165 Å². The summed E-state index contributed by atoms with van der Waals surface area (Å²) in [5, 5.41) is 7.61. The Morgan fingerprint density at radius 1 is 1.44 bits per heavy atom. The first-order valence-electron chi connectivity index (χ1n) is 8.90. The number of amides is 1. The number of hydrogen-bond acceptors (Lipinski definition) is 4. The van der Waals surface area contributed by atoms with Crippen LogP contribution in [0.5, 0.6) is 5.75 Å². The lowest BCUT2D eigenvalue weighted by atomic mass is 10.2. The van der Waals surface area contributed by atoms with Crippen LogP contribution in [0.1, 0.15) is 13.8 Å². The Hall–Kier alpha value is -2.45. The Bertz CT molecular complexity index is 856. The van der Waals surface area contributed by atoms with Gasteiger partial charge in [0.25, 0.3) is 5.91 Å². The number of ether oxygens (including phenoxy) is 1. The molecule has 0 saturated heterocycles. The number of rotatable bonds is 9. The molecule has 0 saturated carbocycles. The molecule has 1 aromatic carbocycles. The molecule has 1 heterocycles. The average Bonchev–Trinajstić information content (AvgIpc) is 2.90. The Kier molecular flexibility index (Phi) is 7.32. The normalized spacial score (nSPS) is 12.0. The fourth-order valence-electron chi connectivity index (χ4n) is 2.82. The van der Waals surface area contributed by atoms with Crippen LogP contribution < -0.4 is 15.0 Å². The van der Waals surface area contributed by atoms with Gasteiger partial charge in [0.15, 0.2) is 19.0 Å². The number of carbonyl (C=O) groups excluding carboxylic acids is 1. The second kappa shape index (κ2) is 9.48. The van der Waals surface area contributed by atoms with E-state index in [0.717, 1.165) is 22.0 Å². The van der Waals surface area contributed by atoms with Crippen LogP contribution in [0.3, 0.4) is 0 Å². The molecule has 0 fully saturated rings. The predicted octanol–water partition coefficient (Wildman–Crippen LogP) is 1.27. The zero-order valence-electron chi connectivity index (χ0n) is 16.4. The number of para-hydroxylation sites is 1. The van der Waals surface area contributed by atoms with Gasteiger partial charge in [0, 0.05) is 12.6 Å². The van der Waals surface area contributed by atoms with E-state index in [1.54, 1.807) is 17.9 Å². The Morgan fingerprint density at radius 3 is 2.78 bits per heavy atom. The van der Waals surface area contributed by atoms with Crippen LogP contribution >= 0.6 is 12.2 Å². The molecule has 27 heavy (non-hydrogen) atoms. The summed E-state index contributed by atoms with van der Waals surface area (Å²) >= 11 is 5.62. The molecule has 1 unspecified atom stereocenters. The molecule has 0 spiro atoms. The maximum Gasteiger partial charge on any atom is 0.275 e. The highest BCUT2D eigenvalue weighted by Gasteiger charge is 2.18. The van der Waals surface area contributed by atoms with Crippen molar-refractivity contribution in [1.82, 2.24) is 19.7 Å². The van der Waals surface area contributed by atoms with Crippen molar-refractivity contribution in [3.05, 3.63) is 41.7 Å². The van der Waals surface area contributed by atoms with Gasteiger partial charge in [0.1, 0.15) is 5.75 Å². The largest absolute Gasteiger partial charge is 0.496 e. The van der Waals surface area contributed by atoms with E-state index in [0.29, 0.717) is 24.5 Å². The minimum atomic E-state index is 0.00416. The molecule has 0 aliphatic rings. The van der Waals surface area contributed by atoms with Gasteiger partial charge in [-0.1, -0.05) is 18.2 Å². The van der Waals surface area contributed by atoms with Gasteiger partial charge in [-0.15, -0.1) is 11.7 Å². The number of quaternary nitrogens is 1. The number of hydrogen-bond donors (Lipinski definition) is 2. The molecule has 0 bridgehead atoms. The maximum atomic E-state index is 12.0. The second-order valence-corrected chi connectivity index (χ2v) is 7.08. The summed E-state index contributed by atoms with van der Waals surface area (Å²) in [7, 11) is 3.57. The van der Waals surface area contributed by atoms with E-state index in [-0.39, 0.29) is 11.9 Å². The van der Waals surface area contributed by atoms with E-state index < -0.39 is 0 Å². The number of benzene rings is 1. The van der Waals surface area contributed by atoms with Gasteiger partial charge in [0.2, 0.25) is 4.77 Å². The molecular weight excluding hydrogens is 362 g/mol. The summed E-state index contributed by atoms with van der Waals surface area (Å²) in [4.78, 5) is 13.0. The van der Waals surface area contributed by atoms with Crippen LogP contribution in [0.4, 0.5) is 0 Å². The summed E-state index contributed by atoms with van der Waals surface area (Å²) in [6.07, 6.45) is 1.79. The lowest BCUT2D eigenvalue weighted by molar-refractivity contribution is -0.895. The highest BCUT2D eigenvalue weighted by atomic mass is 32.1. The van der Waals surface area contributed by atoms with Crippen molar-refractivity contribution in [3.63, 3.8) is 0 Å². The van der Waals surface area contributed by atoms with E-state index in [1.165, 1.54) is 0 Å². The molecule has 146 valence electrons. The fourth-order valence-corrected chi connectivity index (χ4v) is 3.09. The molecular formula is C19H28N5O2S+. The summed E-state index contributed by atoms with van der Waals surface area (Å²) in [5.74, 6) is 1.45. The van der Waals surface area contributed by atoms with Crippen molar-refractivity contribution in [2.45, 2.75) is 33.1 Å². The van der Waals surface area contributed by atoms with Crippen molar-refractivity contribution >= 4 is 18.1 Å². The zero-order chi connectivity index (χ0) is 20.0. The molecule has 1 amide bonds. The van der Waals surface area contributed by atoms with Gasteiger partial charge >= 0.3 is 0 Å². The molecule has 0 aliphatic carbocycles. The smallest absolute Gasteiger partial charge is 0.275 e. The summed E-state index contributed by atoms with van der Waals surface area (Å²) in [6, 6.07) is 7.81. The second-order valence-electron chi connectivity index (χ2n) is 6.72. The number of aromatic nitrogens is 3. The van der Waals surface area contributed by atoms with E-state index in [9.17, 15) is 4.79 Å². The van der Waals surface area contributed by atoms with Crippen LogP contribution in [-0.4, -0.2) is 47.0 Å². The summed E-state index contributed by atoms with van der Waals surface area (Å²) < 4.78 is 9.72. The highest BCUT2D eigenvalue weighted by molar-refractivity contribution is 7.71. The van der Waals surface area contributed by atoms with E-state index >= 15 is 0 Å². The minimum Gasteiger partial charge on any atom is -0.496 e. The third kappa shape index (κ3) is 5.27. The van der Waals surface area contributed by atoms with Gasteiger partial charge < -0.3 is 15.0 Å². The maximum absolute atomic E-state index is 12.0. The minimum absolute atomic E-state index is 0.00416. The molecule has 8 heteroatoms. The van der Waals surface area contributed by atoms with Gasteiger partial charge in [-0.05, 0) is 38.2 Å². The standard InChI is InChI=1S/C19H27N5O2S/c1-6-11-23-18(15-9-7-8-10-16(15)26-5)21-24(19(23)27)13-22(4)12-17(25)20-14(2)3/h6-10,14H,1,11-13H2,2-5H3,(H,20,25)/p+1. The summed E-state index contributed by atoms with van der Waals surface area (Å²) in [5.41, 5.74) is 0.863. The molecule has 2 N–H and O–H groups in total. The van der Waals surface area contributed by atoms with Crippen molar-refractivity contribution in [2.75, 3.05) is 20.7 Å². The molecule has 1 aromatic heterocycles. The number of carbonyl (C=O) groups is 1. The number of methoxy groups -OCH3 is 1. The Morgan fingerprint density at radius 2 is 2.15 bits per heavy atom. The SMILES string of the molecule is C=CCn1c(-c2ccccc2OC)nn(C[NH+](C)CC(=O)NC(C)C)c1=S. The van der Waals surface area contributed by atoms with Gasteiger partial charge in [-0.25, -0.2) is 0 Å². The van der Waals surface area contributed by atoms with E-state index in [1.807, 2.05) is 49.7 Å². The van der Waals surface area contributed by atoms with Crippen molar-refractivity contribution in [3.8, 4) is 17.1 Å². The van der Waals surface area contributed by atoms with Gasteiger partial charge in [-0.3, -0.25) is 9.36 Å². The number of nitrogens with zero attached hydrogens (tertiary/aromatic N) is 3. The lowest BCUT2D eigenvalue weighted by Crippen LogP contribution is -3.09. The molecule has 1 atom stereocenters. The average molecular weight is 391 g/mol. The molecule has 7 nitrogen and oxygen atoms in total. The number of allylic oxidation sites excluding steroid dienone is 1. The topological polar surface area (TPSA) is 65.5 Å². The first-order chi connectivity index (χ1) is 12.9. The van der Waals surface area contributed by atoms with Crippen molar-refractivity contribution in [2.24, 2.45) is 0 Å².